The maximum absolute atomic E-state index is 10.6. The van der Waals surface area contributed by atoms with E-state index in [1.54, 1.807) is 24.8 Å². The molecule has 0 fully saturated rings. The lowest BCUT2D eigenvalue weighted by Gasteiger charge is -2.07. The third-order valence-corrected chi connectivity index (χ3v) is 3.34. The zero-order valence-corrected chi connectivity index (χ0v) is 10.3. The summed E-state index contributed by atoms with van der Waals surface area (Å²) in [6.45, 7) is 3.64. The van der Waals surface area contributed by atoms with E-state index in [2.05, 4.69) is 12.1 Å². The van der Waals surface area contributed by atoms with Gasteiger partial charge in [0, 0.05) is 16.6 Å². The molecule has 0 radical (unpaired) electrons. The zero-order valence-electron chi connectivity index (χ0n) is 9.51. The molecule has 1 rings (SSSR count). The molecule has 0 aliphatic rings. The Kier molecular flexibility index (Phi) is 5.12. The van der Waals surface area contributed by atoms with Gasteiger partial charge in [-0.3, -0.25) is 0 Å². The van der Waals surface area contributed by atoms with E-state index < -0.39 is 5.97 Å². The number of carboxylic acid groups (broad SMARTS) is 1. The van der Waals surface area contributed by atoms with Crippen molar-refractivity contribution in [3.63, 3.8) is 0 Å². The van der Waals surface area contributed by atoms with Crippen molar-refractivity contribution in [1.29, 1.82) is 0 Å². The molecule has 0 saturated heterocycles. The molecule has 0 heterocycles. The maximum Gasteiger partial charge on any atom is 0.330 e. The molecule has 0 bridgehead atoms. The van der Waals surface area contributed by atoms with E-state index in [0.29, 0.717) is 5.57 Å². The van der Waals surface area contributed by atoms with Gasteiger partial charge in [-0.25, -0.2) is 4.79 Å². The second-order valence-electron chi connectivity index (χ2n) is 3.66. The van der Waals surface area contributed by atoms with Gasteiger partial charge in [0.1, 0.15) is 0 Å². The monoisotopic (exact) mass is 236 g/mol. The van der Waals surface area contributed by atoms with Crippen molar-refractivity contribution in [1.82, 2.24) is 0 Å². The second kappa shape index (κ2) is 6.38. The average Bonchev–Trinajstić information content (AvgIpc) is 2.27. The predicted octanol–water partition coefficient (Wildman–Crippen LogP) is 3.34. The molecule has 0 aromatic heterocycles. The van der Waals surface area contributed by atoms with E-state index in [4.69, 9.17) is 5.11 Å². The van der Waals surface area contributed by atoms with Gasteiger partial charge in [0.25, 0.3) is 0 Å². The van der Waals surface area contributed by atoms with Crippen molar-refractivity contribution in [3.05, 3.63) is 47.5 Å². The Morgan fingerprint density at radius 1 is 1.44 bits per heavy atom. The minimum atomic E-state index is -0.841. The Morgan fingerprint density at radius 3 is 2.62 bits per heavy atom. The highest BCUT2D eigenvalue weighted by Crippen LogP contribution is 2.19. The van der Waals surface area contributed by atoms with Gasteiger partial charge in [-0.1, -0.05) is 36.4 Å². The van der Waals surface area contributed by atoms with Crippen LogP contribution in [0.2, 0.25) is 0 Å². The fourth-order valence-corrected chi connectivity index (χ4v) is 2.22. The van der Waals surface area contributed by atoms with Gasteiger partial charge in [-0.15, -0.1) is 11.8 Å². The van der Waals surface area contributed by atoms with Crippen LogP contribution in [0.1, 0.15) is 19.4 Å². The summed E-state index contributed by atoms with van der Waals surface area (Å²) in [7, 11) is 0. The van der Waals surface area contributed by atoms with Gasteiger partial charge in [-0.2, -0.15) is 0 Å². The number of hydrogen-bond acceptors (Lipinski definition) is 2. The van der Waals surface area contributed by atoms with Gasteiger partial charge < -0.3 is 5.11 Å². The summed E-state index contributed by atoms with van der Waals surface area (Å²) in [6.07, 6.45) is 1.79. The Labute approximate surface area is 100 Å². The van der Waals surface area contributed by atoms with Gasteiger partial charge in [0.05, 0.1) is 0 Å². The first-order chi connectivity index (χ1) is 7.59. The summed E-state index contributed by atoms with van der Waals surface area (Å²) in [5.41, 5.74) is 1.67. The standard InChI is InChI=1S/C13H16O2S/c1-10(13(14)15)8-11(2)16-9-12-6-4-3-5-7-12/h3-8,11H,9H2,1-2H3,(H,14,15)/b10-8-. The maximum atomic E-state index is 10.6. The molecule has 2 nitrogen and oxygen atoms in total. The van der Waals surface area contributed by atoms with Crippen molar-refractivity contribution in [3.8, 4) is 0 Å². The molecule has 0 amide bonds. The molecule has 1 atom stereocenters. The number of carboxylic acids is 1. The fourth-order valence-electron chi connectivity index (χ4n) is 1.27. The first-order valence-corrected chi connectivity index (χ1v) is 6.21. The quantitative estimate of drug-likeness (QED) is 0.797. The first-order valence-electron chi connectivity index (χ1n) is 5.17. The van der Waals surface area contributed by atoms with Crippen LogP contribution in [-0.2, 0) is 10.5 Å². The third-order valence-electron chi connectivity index (χ3n) is 2.18. The molecule has 1 N–H and O–H groups in total. The molecule has 0 aliphatic heterocycles. The molecule has 0 saturated carbocycles. The number of carbonyl (C=O) groups is 1. The molecule has 1 unspecified atom stereocenters. The minimum absolute atomic E-state index is 0.219. The predicted molar refractivity (Wildman–Crippen MR) is 68.6 cm³/mol. The van der Waals surface area contributed by atoms with E-state index in [0.717, 1.165) is 5.75 Å². The lowest BCUT2D eigenvalue weighted by atomic mass is 10.2. The number of aliphatic carboxylic acids is 1. The Balaban J connectivity index is 2.45. The van der Waals surface area contributed by atoms with Crippen LogP contribution in [0.4, 0.5) is 0 Å². The summed E-state index contributed by atoms with van der Waals surface area (Å²) < 4.78 is 0. The number of benzene rings is 1. The van der Waals surface area contributed by atoms with Crippen LogP contribution in [0, 0.1) is 0 Å². The number of thioether (sulfide) groups is 1. The summed E-state index contributed by atoms with van der Waals surface area (Å²) in [6, 6.07) is 10.2. The largest absolute Gasteiger partial charge is 0.478 e. The van der Waals surface area contributed by atoms with Crippen LogP contribution in [0.15, 0.2) is 42.0 Å². The van der Waals surface area contributed by atoms with E-state index in [1.165, 1.54) is 5.56 Å². The van der Waals surface area contributed by atoms with E-state index in [1.807, 2.05) is 25.1 Å². The topological polar surface area (TPSA) is 37.3 Å². The van der Waals surface area contributed by atoms with E-state index in [9.17, 15) is 4.79 Å². The van der Waals surface area contributed by atoms with Crippen LogP contribution in [-0.4, -0.2) is 16.3 Å². The van der Waals surface area contributed by atoms with Crippen LogP contribution < -0.4 is 0 Å². The van der Waals surface area contributed by atoms with Gasteiger partial charge in [0.2, 0.25) is 0 Å². The van der Waals surface area contributed by atoms with E-state index >= 15 is 0 Å². The molecule has 3 heteroatoms. The first kappa shape index (κ1) is 12.8. The molecular weight excluding hydrogens is 220 g/mol. The third kappa shape index (κ3) is 4.53. The van der Waals surface area contributed by atoms with Crippen LogP contribution >= 0.6 is 11.8 Å². The number of rotatable bonds is 5. The molecule has 1 aromatic carbocycles. The normalized spacial score (nSPS) is 13.5. The highest BCUT2D eigenvalue weighted by atomic mass is 32.2. The van der Waals surface area contributed by atoms with Gasteiger partial charge in [0.15, 0.2) is 0 Å². The van der Waals surface area contributed by atoms with Crippen molar-refractivity contribution < 1.29 is 9.90 Å². The van der Waals surface area contributed by atoms with Crippen LogP contribution in [0.25, 0.3) is 0 Å². The summed E-state index contributed by atoms with van der Waals surface area (Å²) in [4.78, 5) is 10.6. The van der Waals surface area contributed by atoms with Crippen molar-refractivity contribution >= 4 is 17.7 Å². The highest BCUT2D eigenvalue weighted by Gasteiger charge is 2.04. The average molecular weight is 236 g/mol. The highest BCUT2D eigenvalue weighted by molar-refractivity contribution is 7.99. The molecule has 0 spiro atoms. The van der Waals surface area contributed by atoms with Crippen molar-refractivity contribution in [2.45, 2.75) is 24.9 Å². The fraction of sp³-hybridized carbons (Fsp3) is 0.308. The second-order valence-corrected chi connectivity index (χ2v) is 5.02. The summed E-state index contributed by atoms with van der Waals surface area (Å²) >= 11 is 1.74. The Bertz CT molecular complexity index is 371. The summed E-state index contributed by atoms with van der Waals surface area (Å²) in [5, 5.41) is 8.96. The van der Waals surface area contributed by atoms with Crippen molar-refractivity contribution in [2.24, 2.45) is 0 Å². The van der Waals surface area contributed by atoms with Gasteiger partial charge in [-0.05, 0) is 19.4 Å². The van der Waals surface area contributed by atoms with E-state index in [-0.39, 0.29) is 5.25 Å². The lowest BCUT2D eigenvalue weighted by molar-refractivity contribution is -0.132. The molecule has 0 aliphatic carbocycles. The number of hydrogen-bond donors (Lipinski definition) is 1. The van der Waals surface area contributed by atoms with Crippen LogP contribution in [0.3, 0.4) is 0 Å². The smallest absolute Gasteiger partial charge is 0.330 e. The zero-order chi connectivity index (χ0) is 12.0. The Hall–Kier alpha value is -1.22. The molecular formula is C13H16O2S. The lowest BCUT2D eigenvalue weighted by Crippen LogP contribution is -2.01. The molecule has 86 valence electrons. The molecule has 1 aromatic rings. The Morgan fingerprint density at radius 2 is 2.06 bits per heavy atom. The molecule has 16 heavy (non-hydrogen) atoms. The summed E-state index contributed by atoms with van der Waals surface area (Å²) in [5.74, 6) is 0.0675. The van der Waals surface area contributed by atoms with Crippen molar-refractivity contribution in [2.75, 3.05) is 0 Å². The van der Waals surface area contributed by atoms with Crippen LogP contribution in [0.5, 0.6) is 0 Å². The van der Waals surface area contributed by atoms with Gasteiger partial charge >= 0.3 is 5.97 Å². The SMILES string of the molecule is C/C(=C/C(C)SCc1ccccc1)C(=O)O. The minimum Gasteiger partial charge on any atom is -0.478 e.